The van der Waals surface area contributed by atoms with Gasteiger partial charge in [-0.3, -0.25) is 4.90 Å². The highest BCUT2D eigenvalue weighted by Crippen LogP contribution is 2.36. The van der Waals surface area contributed by atoms with Crippen LogP contribution in [0.1, 0.15) is 77.0 Å². The van der Waals surface area contributed by atoms with Crippen LogP contribution in [0, 0.1) is 0 Å². The zero-order valence-electron chi connectivity index (χ0n) is 18.5. The van der Waals surface area contributed by atoms with Crippen molar-refractivity contribution in [1.82, 2.24) is 4.90 Å². The standard InChI is InChI=1S/C27H36BrNO/c1-3-5-7-11-18-29(19-12-8-6-4-2)27(30)24-17-13-16-22-21-14-9-10-15-23(21)26(28)20-25(22)24/h9-10,13-17,20,27,30H,3-8,11-12,18-19H2,1-2H3. The molecule has 3 heteroatoms. The highest BCUT2D eigenvalue weighted by atomic mass is 79.9. The van der Waals surface area contributed by atoms with Gasteiger partial charge in [0.2, 0.25) is 0 Å². The van der Waals surface area contributed by atoms with Crippen LogP contribution in [0.2, 0.25) is 0 Å². The summed E-state index contributed by atoms with van der Waals surface area (Å²) in [4.78, 5) is 2.29. The van der Waals surface area contributed by atoms with Crippen LogP contribution in [0.5, 0.6) is 0 Å². The van der Waals surface area contributed by atoms with E-state index in [1.165, 1.54) is 54.7 Å². The van der Waals surface area contributed by atoms with E-state index in [1.807, 2.05) is 0 Å². The summed E-state index contributed by atoms with van der Waals surface area (Å²) in [6.07, 6.45) is 9.23. The van der Waals surface area contributed by atoms with Gasteiger partial charge in [-0.05, 0) is 40.5 Å². The normalized spacial score (nSPS) is 12.8. The first-order valence-corrected chi connectivity index (χ1v) is 12.5. The fourth-order valence-corrected chi connectivity index (χ4v) is 4.95. The zero-order chi connectivity index (χ0) is 21.3. The average molecular weight is 470 g/mol. The predicted molar refractivity (Wildman–Crippen MR) is 134 cm³/mol. The Labute approximate surface area is 190 Å². The third-order valence-corrected chi connectivity index (χ3v) is 6.76. The van der Waals surface area contributed by atoms with E-state index < -0.39 is 6.23 Å². The van der Waals surface area contributed by atoms with Crippen molar-refractivity contribution in [2.24, 2.45) is 0 Å². The zero-order valence-corrected chi connectivity index (χ0v) is 20.1. The number of unbranched alkanes of at least 4 members (excludes halogenated alkanes) is 6. The van der Waals surface area contributed by atoms with Crippen molar-refractivity contribution in [1.29, 1.82) is 0 Å². The van der Waals surface area contributed by atoms with Gasteiger partial charge in [-0.1, -0.05) is 111 Å². The predicted octanol–water partition coefficient (Wildman–Crippen LogP) is 8.21. The van der Waals surface area contributed by atoms with Crippen molar-refractivity contribution in [3.05, 3.63) is 58.6 Å². The molecule has 0 fully saturated rings. The largest absolute Gasteiger partial charge is 0.374 e. The van der Waals surface area contributed by atoms with Gasteiger partial charge in [0, 0.05) is 23.1 Å². The van der Waals surface area contributed by atoms with E-state index in [2.05, 4.69) is 83.2 Å². The molecule has 2 nitrogen and oxygen atoms in total. The van der Waals surface area contributed by atoms with Gasteiger partial charge >= 0.3 is 0 Å². The Balaban J connectivity index is 1.91. The smallest absolute Gasteiger partial charge is 0.134 e. The summed E-state index contributed by atoms with van der Waals surface area (Å²) in [6, 6.07) is 17.0. The van der Waals surface area contributed by atoms with Crippen molar-refractivity contribution in [3.8, 4) is 0 Å². The highest BCUT2D eigenvalue weighted by molar-refractivity contribution is 9.10. The summed E-state index contributed by atoms with van der Waals surface area (Å²) >= 11 is 3.76. The fraction of sp³-hybridized carbons (Fsp3) is 0.481. The molecule has 1 N–H and O–H groups in total. The summed E-state index contributed by atoms with van der Waals surface area (Å²) in [5, 5.41) is 16.3. The van der Waals surface area contributed by atoms with Crippen LogP contribution in [0.4, 0.5) is 0 Å². The van der Waals surface area contributed by atoms with Crippen molar-refractivity contribution in [2.45, 2.75) is 71.4 Å². The van der Waals surface area contributed by atoms with E-state index in [4.69, 9.17) is 0 Å². The third kappa shape index (κ3) is 5.63. The number of fused-ring (bicyclic) bond motifs is 3. The Kier molecular flexibility index (Phi) is 9.17. The van der Waals surface area contributed by atoms with E-state index >= 15 is 0 Å². The molecule has 0 spiro atoms. The molecule has 0 saturated carbocycles. The summed E-state index contributed by atoms with van der Waals surface area (Å²) in [5.41, 5.74) is 1.02. The van der Waals surface area contributed by atoms with Crippen molar-refractivity contribution in [2.75, 3.05) is 13.1 Å². The van der Waals surface area contributed by atoms with Crippen molar-refractivity contribution < 1.29 is 5.11 Å². The molecule has 1 unspecified atom stereocenters. The van der Waals surface area contributed by atoms with Gasteiger partial charge in [-0.2, -0.15) is 0 Å². The Bertz CT molecular complexity index is 927. The quantitative estimate of drug-likeness (QED) is 0.164. The van der Waals surface area contributed by atoms with Gasteiger partial charge in [0.15, 0.2) is 0 Å². The first-order valence-electron chi connectivity index (χ1n) is 11.7. The van der Waals surface area contributed by atoms with Crippen LogP contribution in [-0.2, 0) is 0 Å². The van der Waals surface area contributed by atoms with Gasteiger partial charge in [0.1, 0.15) is 6.23 Å². The molecule has 0 heterocycles. The second-order valence-corrected chi connectivity index (χ2v) is 9.23. The molecule has 3 aromatic rings. The lowest BCUT2D eigenvalue weighted by Gasteiger charge is -2.29. The Morgan fingerprint density at radius 3 is 1.93 bits per heavy atom. The van der Waals surface area contributed by atoms with Crippen LogP contribution in [0.3, 0.4) is 0 Å². The second kappa shape index (κ2) is 11.8. The maximum atomic E-state index is 11.5. The van der Waals surface area contributed by atoms with Crippen molar-refractivity contribution in [3.63, 3.8) is 0 Å². The van der Waals surface area contributed by atoms with Crippen LogP contribution < -0.4 is 0 Å². The number of hydrogen-bond donors (Lipinski definition) is 1. The molecule has 0 bridgehead atoms. The Morgan fingerprint density at radius 1 is 0.733 bits per heavy atom. The molecule has 0 aliphatic rings. The topological polar surface area (TPSA) is 23.5 Å². The molecule has 3 rings (SSSR count). The minimum atomic E-state index is -0.565. The Morgan fingerprint density at radius 2 is 1.30 bits per heavy atom. The monoisotopic (exact) mass is 469 g/mol. The first-order chi connectivity index (χ1) is 14.7. The summed E-state index contributed by atoms with van der Waals surface area (Å²) < 4.78 is 1.09. The SMILES string of the molecule is CCCCCCN(CCCCCC)C(O)c1cccc2c1cc(Br)c1ccccc12. The molecule has 0 aliphatic heterocycles. The van der Waals surface area contributed by atoms with E-state index in [-0.39, 0.29) is 0 Å². The summed E-state index contributed by atoms with van der Waals surface area (Å²) in [5.74, 6) is 0. The molecular weight excluding hydrogens is 434 g/mol. The van der Waals surface area contributed by atoms with Gasteiger partial charge in [-0.15, -0.1) is 0 Å². The lowest BCUT2D eigenvalue weighted by atomic mass is 9.97. The maximum absolute atomic E-state index is 11.5. The van der Waals surface area contributed by atoms with E-state index in [0.29, 0.717) is 0 Å². The number of aliphatic hydroxyl groups is 1. The number of halogens is 1. The number of nitrogens with zero attached hydrogens (tertiary/aromatic N) is 1. The molecular formula is C27H36BrNO. The lowest BCUT2D eigenvalue weighted by molar-refractivity contribution is 0.000467. The molecule has 162 valence electrons. The minimum absolute atomic E-state index is 0.565. The Hall–Kier alpha value is -1.42. The fourth-order valence-electron chi connectivity index (χ4n) is 4.37. The highest BCUT2D eigenvalue weighted by Gasteiger charge is 2.20. The van der Waals surface area contributed by atoms with Crippen molar-refractivity contribution >= 4 is 37.5 Å². The third-order valence-electron chi connectivity index (χ3n) is 6.11. The van der Waals surface area contributed by atoms with E-state index in [0.717, 1.165) is 41.4 Å². The molecule has 0 aliphatic carbocycles. The van der Waals surface area contributed by atoms with Gasteiger partial charge in [-0.25, -0.2) is 0 Å². The molecule has 30 heavy (non-hydrogen) atoms. The number of rotatable bonds is 12. The molecule has 3 aromatic carbocycles. The van der Waals surface area contributed by atoms with Crippen LogP contribution in [-0.4, -0.2) is 23.1 Å². The van der Waals surface area contributed by atoms with Crippen LogP contribution in [0.15, 0.2) is 53.0 Å². The molecule has 0 radical (unpaired) electrons. The van der Waals surface area contributed by atoms with Crippen LogP contribution >= 0.6 is 15.9 Å². The van der Waals surface area contributed by atoms with Gasteiger partial charge < -0.3 is 5.11 Å². The van der Waals surface area contributed by atoms with Crippen LogP contribution in [0.25, 0.3) is 21.5 Å². The van der Waals surface area contributed by atoms with Gasteiger partial charge in [0.05, 0.1) is 0 Å². The molecule has 0 amide bonds. The van der Waals surface area contributed by atoms with E-state index in [1.54, 1.807) is 0 Å². The molecule has 0 aromatic heterocycles. The number of aliphatic hydroxyl groups excluding tert-OH is 1. The summed E-state index contributed by atoms with van der Waals surface area (Å²) in [7, 11) is 0. The maximum Gasteiger partial charge on any atom is 0.134 e. The first kappa shape index (κ1) is 23.2. The second-order valence-electron chi connectivity index (χ2n) is 8.38. The number of benzene rings is 3. The summed E-state index contributed by atoms with van der Waals surface area (Å²) in [6.45, 7) is 6.40. The van der Waals surface area contributed by atoms with E-state index in [9.17, 15) is 5.11 Å². The minimum Gasteiger partial charge on any atom is -0.374 e. The lowest BCUT2D eigenvalue weighted by Crippen LogP contribution is -2.31. The molecule has 1 atom stereocenters. The number of hydrogen-bond acceptors (Lipinski definition) is 2. The molecule has 0 saturated heterocycles. The van der Waals surface area contributed by atoms with Gasteiger partial charge in [0.25, 0.3) is 0 Å². The average Bonchev–Trinajstić information content (AvgIpc) is 2.77.